The number of rotatable bonds is 1. The second-order valence-corrected chi connectivity index (χ2v) is 7.81. The summed E-state index contributed by atoms with van der Waals surface area (Å²) in [6.07, 6.45) is 5.18. The van der Waals surface area contributed by atoms with Crippen molar-refractivity contribution in [2.24, 2.45) is 0 Å². The predicted octanol–water partition coefficient (Wildman–Crippen LogP) is 2.55. The van der Waals surface area contributed by atoms with Gasteiger partial charge in [0.25, 0.3) is 0 Å². The molecule has 0 aromatic heterocycles. The Morgan fingerprint density at radius 2 is 1.37 bits per heavy atom. The molecule has 0 N–H and O–H groups in total. The third kappa shape index (κ3) is 10.4. The van der Waals surface area contributed by atoms with Crippen LogP contribution in [-0.4, -0.2) is 30.8 Å². The van der Waals surface area contributed by atoms with Gasteiger partial charge in [0.1, 0.15) is 0 Å². The zero-order valence-electron chi connectivity index (χ0n) is 12.8. The molecule has 0 spiro atoms. The Hall–Kier alpha value is 2.08. The fourth-order valence-corrected chi connectivity index (χ4v) is 1.76. The molecule has 1 aliphatic rings. The summed E-state index contributed by atoms with van der Waals surface area (Å²) >= 11 is 0. The first-order chi connectivity index (χ1) is 7.42. The third-order valence-electron chi connectivity index (χ3n) is 2.82. The maximum atomic E-state index is 11.7. The Kier molecular flexibility index (Phi) is 13.6. The summed E-state index contributed by atoms with van der Waals surface area (Å²) in [5, 5.41) is 12.9. The maximum Gasteiger partial charge on any atom is 0.0208 e. The van der Waals surface area contributed by atoms with E-state index in [1.54, 1.807) is 0 Å². The van der Waals surface area contributed by atoms with Gasteiger partial charge in [-0.3, -0.25) is 8.42 Å². The van der Waals surface area contributed by atoms with Crippen LogP contribution in [0.5, 0.6) is 0 Å². The summed E-state index contributed by atoms with van der Waals surface area (Å²) in [5.74, 6) is 1.16. The fraction of sp³-hybridized carbons (Fsp3) is 0.833. The molecule has 2 radical (unpaired) electrons. The molecule has 4 nitrogen and oxygen atoms in total. The van der Waals surface area contributed by atoms with Gasteiger partial charge in [-0.25, -0.2) is 5.75 Å². The normalized spacial score (nSPS) is 21.2. The molecule has 7 heteroatoms. The number of hydroxylamine groups is 2. The SMILES string of the molecule is CC1(C)C[CH-]CC(C)(C)N1[O-].C[CH-]S(C)(=O)=O.[Y].[Y]. The van der Waals surface area contributed by atoms with E-state index in [9.17, 15) is 13.6 Å². The van der Waals surface area contributed by atoms with E-state index in [0.717, 1.165) is 24.9 Å². The van der Waals surface area contributed by atoms with Gasteiger partial charge < -0.3 is 16.7 Å². The van der Waals surface area contributed by atoms with Crippen LogP contribution in [0.15, 0.2) is 0 Å². The van der Waals surface area contributed by atoms with E-state index in [1.165, 1.54) is 12.0 Å². The average Bonchev–Trinajstić information content (AvgIpc) is 2.14. The van der Waals surface area contributed by atoms with Gasteiger partial charge in [0, 0.05) is 81.5 Å². The van der Waals surface area contributed by atoms with Crippen LogP contribution in [0.3, 0.4) is 0 Å². The monoisotopic (exact) mass is 440 g/mol. The minimum Gasteiger partial charge on any atom is -0.785 e. The van der Waals surface area contributed by atoms with Crippen LogP contribution in [-0.2, 0) is 75.3 Å². The second-order valence-electron chi connectivity index (χ2n) is 5.68. The number of piperidine rings is 1. The quantitative estimate of drug-likeness (QED) is 0.589. The van der Waals surface area contributed by atoms with Crippen LogP contribution in [0.25, 0.3) is 0 Å². The Morgan fingerprint density at radius 1 is 1.11 bits per heavy atom. The molecule has 1 saturated heterocycles. The molecule has 0 aromatic carbocycles. The summed E-state index contributed by atoms with van der Waals surface area (Å²) in [4.78, 5) is 0. The number of nitrogens with zero attached hydrogens (tertiary/aromatic N) is 1. The van der Waals surface area contributed by atoms with E-state index >= 15 is 0 Å². The molecule has 0 unspecified atom stereocenters. The van der Waals surface area contributed by atoms with Crippen molar-refractivity contribution in [2.45, 2.75) is 58.5 Å². The maximum absolute atomic E-state index is 11.7. The summed E-state index contributed by atoms with van der Waals surface area (Å²) < 4.78 is 19.9. The van der Waals surface area contributed by atoms with Crippen molar-refractivity contribution < 1.29 is 73.8 Å². The van der Waals surface area contributed by atoms with Crippen molar-refractivity contribution in [1.82, 2.24) is 5.06 Å². The van der Waals surface area contributed by atoms with Crippen LogP contribution < -0.4 is 0 Å². The van der Waals surface area contributed by atoms with Crippen LogP contribution in [0, 0.1) is 17.4 Å². The van der Waals surface area contributed by atoms with Gasteiger partial charge in [0.05, 0.1) is 0 Å². The van der Waals surface area contributed by atoms with Crippen LogP contribution in [0.2, 0.25) is 0 Å². The second kappa shape index (κ2) is 9.97. The molecule has 19 heavy (non-hydrogen) atoms. The van der Waals surface area contributed by atoms with E-state index in [2.05, 4.69) is 6.42 Å². The van der Waals surface area contributed by atoms with Gasteiger partial charge in [0.15, 0.2) is 0 Å². The van der Waals surface area contributed by atoms with Crippen molar-refractivity contribution in [3.63, 3.8) is 0 Å². The standard InChI is InChI=1S/C9H17NO.C3H7O2S.2Y/c1-8(2)6-5-7-9(3,4)10(8)11;1-3-6(2,4)5;;/h5H,6-7H2,1-4H3;3H,1-2H3;;/q-2;-1;;. The third-order valence-corrected chi connectivity index (χ3v) is 3.67. The molecule has 1 rings (SSSR count). The molecule has 0 bridgehead atoms. The molecule has 0 amide bonds. The smallest absolute Gasteiger partial charge is 0.0208 e. The topological polar surface area (TPSA) is 60.4 Å². The molecule has 110 valence electrons. The Labute approximate surface area is 169 Å². The predicted molar refractivity (Wildman–Crippen MR) is 71.7 cm³/mol. The molecule has 0 aromatic rings. The van der Waals surface area contributed by atoms with E-state index in [1.807, 2.05) is 27.7 Å². The fourth-order valence-electron chi connectivity index (χ4n) is 1.76. The first kappa shape index (κ1) is 26.0. The van der Waals surface area contributed by atoms with Gasteiger partial charge in [-0.05, 0) is 11.1 Å². The summed E-state index contributed by atoms with van der Waals surface area (Å²) in [5.41, 5.74) is -0.413. The molecular weight excluding hydrogens is 416 g/mol. The summed E-state index contributed by atoms with van der Waals surface area (Å²) in [7, 11) is -2.79. The molecular formula is C12H24NO3SY2-3. The van der Waals surface area contributed by atoms with Crippen molar-refractivity contribution >= 4 is 9.84 Å². The first-order valence-electron chi connectivity index (χ1n) is 5.71. The van der Waals surface area contributed by atoms with Gasteiger partial charge in [0.2, 0.25) is 0 Å². The Morgan fingerprint density at radius 3 is 1.53 bits per heavy atom. The molecule has 0 aliphatic carbocycles. The number of sulfone groups is 1. The van der Waals surface area contributed by atoms with E-state index in [0.29, 0.717) is 0 Å². The minimum atomic E-state index is -2.79. The van der Waals surface area contributed by atoms with Crippen LogP contribution in [0.4, 0.5) is 0 Å². The molecule has 0 atom stereocenters. The van der Waals surface area contributed by atoms with E-state index in [4.69, 9.17) is 0 Å². The molecule has 1 fully saturated rings. The Balaban J connectivity index is -0.000000282. The van der Waals surface area contributed by atoms with E-state index in [-0.39, 0.29) is 76.5 Å². The van der Waals surface area contributed by atoms with Gasteiger partial charge >= 0.3 is 0 Å². The number of hydrogen-bond donors (Lipinski definition) is 0. The van der Waals surface area contributed by atoms with E-state index < -0.39 is 9.84 Å². The van der Waals surface area contributed by atoms with Crippen molar-refractivity contribution in [2.75, 3.05) is 6.26 Å². The van der Waals surface area contributed by atoms with Gasteiger partial charge in [-0.2, -0.15) is 19.8 Å². The molecule has 1 aliphatic heterocycles. The van der Waals surface area contributed by atoms with Crippen molar-refractivity contribution in [3.8, 4) is 0 Å². The molecule has 0 saturated carbocycles. The average molecular weight is 440 g/mol. The number of hydrogen-bond acceptors (Lipinski definition) is 4. The Bertz CT molecular complexity index is 327. The van der Waals surface area contributed by atoms with Crippen molar-refractivity contribution in [3.05, 3.63) is 17.4 Å². The van der Waals surface area contributed by atoms with Gasteiger partial charge in [-0.1, -0.05) is 27.7 Å². The summed E-state index contributed by atoms with van der Waals surface area (Å²) in [6, 6.07) is 0. The largest absolute Gasteiger partial charge is 0.785 e. The molecule has 1 heterocycles. The first-order valence-corrected chi connectivity index (χ1v) is 7.66. The van der Waals surface area contributed by atoms with Gasteiger partial charge in [-0.15, -0.1) is 0 Å². The van der Waals surface area contributed by atoms with Crippen LogP contribution >= 0.6 is 0 Å². The summed E-state index contributed by atoms with van der Waals surface area (Å²) in [6.45, 7) is 9.49. The zero-order chi connectivity index (χ0) is 13.9. The van der Waals surface area contributed by atoms with Crippen LogP contribution in [0.1, 0.15) is 47.5 Å². The zero-order valence-corrected chi connectivity index (χ0v) is 19.3. The van der Waals surface area contributed by atoms with Crippen molar-refractivity contribution in [1.29, 1.82) is 0 Å². The minimum absolute atomic E-state index is 0.